The van der Waals surface area contributed by atoms with E-state index >= 15 is 0 Å². The third-order valence-corrected chi connectivity index (χ3v) is 13.2. The van der Waals surface area contributed by atoms with E-state index in [0.717, 1.165) is 77.8 Å². The fraction of sp³-hybridized carbons (Fsp3) is 0. The van der Waals surface area contributed by atoms with Crippen LogP contribution in [0.5, 0.6) is 0 Å². The lowest BCUT2D eigenvalue weighted by Crippen LogP contribution is -2.14. The van der Waals surface area contributed by atoms with Crippen LogP contribution in [-0.4, -0.2) is 4.57 Å². The van der Waals surface area contributed by atoms with Crippen molar-refractivity contribution in [2.45, 2.75) is 0 Å². The molecule has 0 saturated carbocycles. The highest BCUT2D eigenvalue weighted by molar-refractivity contribution is 6.14. The molecule has 304 valence electrons. The topological polar surface area (TPSA) is 21.3 Å². The number of hydrogen-bond acceptors (Lipinski definition) is 2. The number of anilines is 3. The molecule has 0 aliphatic heterocycles. The Morgan fingerprint density at radius 1 is 0.323 bits per heavy atom. The molecule has 0 aliphatic rings. The zero-order valence-electron chi connectivity index (χ0n) is 35.4. The Labute approximate surface area is 376 Å². The summed E-state index contributed by atoms with van der Waals surface area (Å²) in [5.74, 6) is 0. The van der Waals surface area contributed by atoms with Gasteiger partial charge in [0.1, 0.15) is 11.2 Å². The summed E-state index contributed by atoms with van der Waals surface area (Å²) in [4.78, 5) is 2.43. The monoisotopic (exact) mass is 828 g/mol. The molecule has 2 aromatic heterocycles. The summed E-state index contributed by atoms with van der Waals surface area (Å²) in [6, 6.07) is 87.7. The van der Waals surface area contributed by atoms with Gasteiger partial charge in [-0.25, -0.2) is 0 Å². The van der Waals surface area contributed by atoms with Gasteiger partial charge in [0.15, 0.2) is 0 Å². The van der Waals surface area contributed by atoms with Crippen molar-refractivity contribution in [2.75, 3.05) is 4.90 Å². The Hall–Kier alpha value is -8.66. The number of para-hydroxylation sites is 6. The lowest BCUT2D eigenvalue weighted by Gasteiger charge is -2.30. The average Bonchev–Trinajstić information content (AvgIpc) is 3.91. The van der Waals surface area contributed by atoms with Crippen molar-refractivity contribution in [1.82, 2.24) is 4.57 Å². The van der Waals surface area contributed by atoms with E-state index in [9.17, 15) is 0 Å². The van der Waals surface area contributed by atoms with E-state index in [4.69, 9.17) is 4.42 Å². The molecule has 13 rings (SSSR count). The minimum absolute atomic E-state index is 0.878. The summed E-state index contributed by atoms with van der Waals surface area (Å²) >= 11 is 0. The van der Waals surface area contributed by atoms with Crippen molar-refractivity contribution in [3.05, 3.63) is 243 Å². The molecule has 0 fully saturated rings. The van der Waals surface area contributed by atoms with Crippen molar-refractivity contribution in [2.24, 2.45) is 0 Å². The molecule has 0 aliphatic carbocycles. The van der Waals surface area contributed by atoms with E-state index in [2.05, 4.69) is 252 Å². The second kappa shape index (κ2) is 15.0. The van der Waals surface area contributed by atoms with Gasteiger partial charge < -0.3 is 13.9 Å². The fourth-order valence-electron chi connectivity index (χ4n) is 10.1. The molecule has 0 N–H and O–H groups in total. The highest BCUT2D eigenvalue weighted by atomic mass is 16.3. The number of fused-ring (bicyclic) bond motifs is 8. The molecule has 0 spiro atoms. The molecule has 3 nitrogen and oxygen atoms in total. The van der Waals surface area contributed by atoms with E-state index < -0.39 is 0 Å². The lowest BCUT2D eigenvalue weighted by atomic mass is 9.96. The largest absolute Gasteiger partial charge is 0.455 e. The van der Waals surface area contributed by atoms with Crippen LogP contribution in [0, 0.1) is 0 Å². The van der Waals surface area contributed by atoms with Crippen LogP contribution in [0.15, 0.2) is 247 Å². The first kappa shape index (κ1) is 36.9. The van der Waals surface area contributed by atoms with Crippen LogP contribution < -0.4 is 4.90 Å². The minimum Gasteiger partial charge on any atom is -0.455 e. The van der Waals surface area contributed by atoms with Gasteiger partial charge in [-0.3, -0.25) is 0 Å². The summed E-state index contributed by atoms with van der Waals surface area (Å²) in [6.45, 7) is 0. The van der Waals surface area contributed by atoms with E-state index in [1.165, 1.54) is 43.6 Å². The van der Waals surface area contributed by atoms with Crippen LogP contribution in [0.3, 0.4) is 0 Å². The second-order valence-electron chi connectivity index (χ2n) is 16.8. The van der Waals surface area contributed by atoms with E-state index in [1.54, 1.807) is 0 Å². The van der Waals surface area contributed by atoms with Crippen LogP contribution >= 0.6 is 0 Å². The molecule has 3 heteroatoms. The van der Waals surface area contributed by atoms with Crippen molar-refractivity contribution >= 4 is 82.4 Å². The summed E-state index contributed by atoms with van der Waals surface area (Å²) < 4.78 is 9.29. The number of rotatable bonds is 7. The summed E-state index contributed by atoms with van der Waals surface area (Å²) in [6.07, 6.45) is 0. The van der Waals surface area contributed by atoms with Crippen molar-refractivity contribution < 1.29 is 4.42 Å². The third kappa shape index (κ3) is 6.05. The minimum atomic E-state index is 0.878. The number of furan rings is 1. The van der Waals surface area contributed by atoms with Gasteiger partial charge in [0, 0.05) is 38.4 Å². The normalized spacial score (nSPS) is 11.7. The molecule has 13 aromatic rings. The van der Waals surface area contributed by atoms with Gasteiger partial charge in [-0.15, -0.1) is 0 Å². The Bertz CT molecular complexity index is 3890. The maximum atomic E-state index is 6.87. The van der Waals surface area contributed by atoms with Gasteiger partial charge in [0.25, 0.3) is 0 Å². The van der Waals surface area contributed by atoms with Crippen molar-refractivity contribution in [3.63, 3.8) is 0 Å². The second-order valence-corrected chi connectivity index (χ2v) is 16.8. The summed E-state index contributed by atoms with van der Waals surface area (Å²) in [7, 11) is 0. The smallest absolute Gasteiger partial charge is 0.143 e. The molecule has 0 saturated heterocycles. The number of aromatic nitrogens is 1. The molecule has 0 radical (unpaired) electrons. The highest BCUT2D eigenvalue weighted by Gasteiger charge is 2.24. The van der Waals surface area contributed by atoms with Gasteiger partial charge in [0.2, 0.25) is 0 Å². The van der Waals surface area contributed by atoms with Crippen molar-refractivity contribution in [1.29, 1.82) is 0 Å². The fourth-order valence-corrected chi connectivity index (χ4v) is 10.1. The standard InChI is InChI=1S/C62H40N2O/c1-2-17-46-40-61-55(39-45(46)16-1)54-25-14-24-53(62(54)65-61)52-22-7-8-26-56(52)63(59-29-11-12-30-60(59)64-57-27-9-5-20-50(57)51-21-6-10-28-58(51)64)47-37-35-42(36-38-47)41-31-33-44(34-32-41)49-23-13-18-43-15-3-4-19-48(43)49/h1-40H. The maximum Gasteiger partial charge on any atom is 0.143 e. The number of hydrogen-bond donors (Lipinski definition) is 0. The van der Waals surface area contributed by atoms with Gasteiger partial charge in [-0.2, -0.15) is 0 Å². The Balaban J connectivity index is 0.993. The quantitative estimate of drug-likeness (QED) is 0.160. The Morgan fingerprint density at radius 2 is 0.831 bits per heavy atom. The predicted octanol–water partition coefficient (Wildman–Crippen LogP) is 17.5. The molecule has 65 heavy (non-hydrogen) atoms. The molecule has 2 heterocycles. The zero-order valence-corrected chi connectivity index (χ0v) is 35.4. The Kier molecular flexibility index (Phi) is 8.53. The zero-order chi connectivity index (χ0) is 42.8. The predicted molar refractivity (Wildman–Crippen MR) is 274 cm³/mol. The first-order valence-corrected chi connectivity index (χ1v) is 22.2. The van der Waals surface area contributed by atoms with Crippen LogP contribution in [0.1, 0.15) is 0 Å². The van der Waals surface area contributed by atoms with Gasteiger partial charge >= 0.3 is 0 Å². The molecule has 0 amide bonds. The van der Waals surface area contributed by atoms with Gasteiger partial charge in [-0.05, 0) is 98.4 Å². The summed E-state index contributed by atoms with van der Waals surface area (Å²) in [5.41, 5.74) is 15.2. The first-order chi connectivity index (χ1) is 32.2. The summed E-state index contributed by atoms with van der Waals surface area (Å²) in [5, 5.41) is 9.55. The van der Waals surface area contributed by atoms with E-state index in [1.807, 2.05) is 0 Å². The van der Waals surface area contributed by atoms with Crippen molar-refractivity contribution in [3.8, 4) is 39.1 Å². The first-order valence-electron chi connectivity index (χ1n) is 22.2. The molecular formula is C62H40N2O. The molecular weight excluding hydrogens is 789 g/mol. The molecule has 0 atom stereocenters. The number of benzene rings is 11. The number of nitrogens with zero attached hydrogens (tertiary/aromatic N) is 2. The van der Waals surface area contributed by atoms with E-state index in [0.29, 0.717) is 0 Å². The van der Waals surface area contributed by atoms with Crippen LogP contribution in [0.25, 0.3) is 104 Å². The molecule has 0 unspecified atom stereocenters. The third-order valence-electron chi connectivity index (χ3n) is 13.2. The lowest BCUT2D eigenvalue weighted by molar-refractivity contribution is 0.670. The molecule has 11 aromatic carbocycles. The van der Waals surface area contributed by atoms with Gasteiger partial charge in [-0.1, -0.05) is 188 Å². The maximum absolute atomic E-state index is 6.87. The van der Waals surface area contributed by atoms with Crippen LogP contribution in [0.4, 0.5) is 17.1 Å². The molecule has 0 bridgehead atoms. The van der Waals surface area contributed by atoms with Gasteiger partial charge in [0.05, 0.1) is 28.1 Å². The van der Waals surface area contributed by atoms with Crippen LogP contribution in [0.2, 0.25) is 0 Å². The SMILES string of the molecule is c1ccc(N(c2ccc(-c3ccc(-c4cccc5ccccc45)cc3)cc2)c2ccccc2-n2c3ccccc3c3ccccc32)c(-c2cccc3c2oc2cc4ccccc4cc23)c1. The Morgan fingerprint density at radius 3 is 1.58 bits per heavy atom. The van der Waals surface area contributed by atoms with E-state index in [-0.39, 0.29) is 0 Å². The highest BCUT2D eigenvalue weighted by Crippen LogP contribution is 2.47. The average molecular weight is 829 g/mol. The van der Waals surface area contributed by atoms with Crippen LogP contribution in [-0.2, 0) is 0 Å².